The largest absolute Gasteiger partial charge is 0.476 e. The first-order chi connectivity index (χ1) is 18.8. The zero-order chi connectivity index (χ0) is 27.4. The monoisotopic (exact) mass is 573 g/mol. The molecule has 0 bridgehead atoms. The first-order valence-electron chi connectivity index (χ1n) is 12.9. The smallest absolute Gasteiger partial charge is 0.280 e. The van der Waals surface area contributed by atoms with Gasteiger partial charge in [-0.3, -0.25) is 10.1 Å². The van der Waals surface area contributed by atoms with Crippen LogP contribution in [0.3, 0.4) is 0 Å². The van der Waals surface area contributed by atoms with Crippen LogP contribution in [0.15, 0.2) is 46.4 Å². The van der Waals surface area contributed by atoms with Gasteiger partial charge in [0.15, 0.2) is 26.8 Å². The van der Waals surface area contributed by atoms with E-state index < -0.39 is 15.7 Å². The molecule has 11 nitrogen and oxygen atoms in total. The molecule has 1 saturated heterocycles. The van der Waals surface area contributed by atoms with Crippen molar-refractivity contribution in [1.29, 1.82) is 0 Å². The number of aromatic nitrogens is 2. The lowest BCUT2D eigenvalue weighted by Crippen LogP contribution is -2.27. The molecule has 39 heavy (non-hydrogen) atoms. The summed E-state index contributed by atoms with van der Waals surface area (Å²) in [6.07, 6.45) is 1.76. The number of amides is 1. The van der Waals surface area contributed by atoms with Crippen LogP contribution in [0.25, 0.3) is 10.3 Å². The van der Waals surface area contributed by atoms with Gasteiger partial charge < -0.3 is 19.6 Å². The number of ether oxygens (including phenoxy) is 2. The van der Waals surface area contributed by atoms with Gasteiger partial charge in [0.1, 0.15) is 17.0 Å². The Morgan fingerprint density at radius 2 is 1.95 bits per heavy atom. The summed E-state index contributed by atoms with van der Waals surface area (Å²) in [6, 6.07) is 10.0. The van der Waals surface area contributed by atoms with Crippen molar-refractivity contribution in [2.24, 2.45) is 5.16 Å². The van der Waals surface area contributed by atoms with Gasteiger partial charge in [-0.25, -0.2) is 18.4 Å². The number of benzene rings is 1. The Hall–Kier alpha value is -3.13. The summed E-state index contributed by atoms with van der Waals surface area (Å²) in [5, 5.41) is 10.2. The van der Waals surface area contributed by atoms with E-state index in [-0.39, 0.29) is 22.0 Å². The fraction of sp³-hybridized carbons (Fsp3) is 0.462. The average molecular weight is 574 g/mol. The number of fused-ring (bicyclic) bond motifs is 1. The molecule has 2 fully saturated rings. The number of anilines is 1. The van der Waals surface area contributed by atoms with E-state index in [4.69, 9.17) is 14.3 Å². The van der Waals surface area contributed by atoms with E-state index in [0.29, 0.717) is 78.6 Å². The lowest BCUT2D eigenvalue weighted by molar-refractivity contribution is -0.110. The van der Waals surface area contributed by atoms with Crippen LogP contribution in [0, 0.1) is 0 Å². The lowest BCUT2D eigenvalue weighted by atomic mass is 10.1. The van der Waals surface area contributed by atoms with Crippen LogP contribution in [0.4, 0.5) is 5.13 Å². The van der Waals surface area contributed by atoms with Gasteiger partial charge in [0.2, 0.25) is 5.88 Å². The fourth-order valence-corrected chi connectivity index (χ4v) is 6.40. The van der Waals surface area contributed by atoms with E-state index in [1.807, 2.05) is 0 Å². The fourth-order valence-electron chi connectivity index (χ4n) is 3.92. The molecule has 5 rings (SSSR count). The Balaban J connectivity index is 1.32. The standard InChI is InChI=1S/C26H31N5O6S2/c1-16(2)27-12-14-36-22-10-9-21-25(29-22)38-26(28-21)30-24(32)23(31-37-18-11-13-35-15-18)17-3-5-19(6-4-17)39(33,34)20-7-8-20/h3-6,9-10,16,18,20,27H,7-8,11-15H2,1-2H3,(H,28,30,32)/t18-/m1/s1. The Bertz CT molecular complexity index is 1450. The van der Waals surface area contributed by atoms with Crippen molar-refractivity contribution >= 4 is 48.3 Å². The Kier molecular flexibility index (Phi) is 8.40. The third-order valence-corrected chi connectivity index (χ3v) is 9.33. The third-order valence-electron chi connectivity index (χ3n) is 6.17. The summed E-state index contributed by atoms with van der Waals surface area (Å²) in [7, 11) is -3.35. The van der Waals surface area contributed by atoms with E-state index in [1.165, 1.54) is 23.5 Å². The molecule has 13 heteroatoms. The molecule has 0 unspecified atom stereocenters. The number of carbonyl (C=O) groups excluding carboxylic acids is 1. The Morgan fingerprint density at radius 3 is 2.64 bits per heavy atom. The summed E-state index contributed by atoms with van der Waals surface area (Å²) >= 11 is 1.21. The molecule has 1 aliphatic heterocycles. The number of nitrogens with zero attached hydrogens (tertiary/aromatic N) is 3. The number of rotatable bonds is 12. The van der Waals surface area contributed by atoms with Gasteiger partial charge in [-0.1, -0.05) is 42.5 Å². The second-order valence-electron chi connectivity index (χ2n) is 9.70. The maximum Gasteiger partial charge on any atom is 0.280 e. The molecule has 2 aromatic heterocycles. The van der Waals surface area contributed by atoms with Crippen LogP contribution in [-0.2, 0) is 24.2 Å². The zero-order valence-corrected chi connectivity index (χ0v) is 23.4. The van der Waals surface area contributed by atoms with Crippen molar-refractivity contribution in [3.05, 3.63) is 42.0 Å². The molecule has 1 aliphatic carbocycles. The second-order valence-corrected chi connectivity index (χ2v) is 12.9. The van der Waals surface area contributed by atoms with Crippen LogP contribution in [0.1, 0.15) is 38.7 Å². The molecule has 208 valence electrons. The van der Waals surface area contributed by atoms with Crippen molar-refractivity contribution in [3.63, 3.8) is 0 Å². The number of sulfone groups is 1. The predicted molar refractivity (Wildman–Crippen MR) is 148 cm³/mol. The maximum atomic E-state index is 13.3. The molecule has 1 amide bonds. The van der Waals surface area contributed by atoms with Crippen LogP contribution < -0.4 is 15.4 Å². The van der Waals surface area contributed by atoms with E-state index in [1.54, 1.807) is 24.3 Å². The highest BCUT2D eigenvalue weighted by Gasteiger charge is 2.36. The Labute approximate surface area is 230 Å². The number of pyridine rings is 1. The van der Waals surface area contributed by atoms with Crippen molar-refractivity contribution in [2.75, 3.05) is 31.7 Å². The van der Waals surface area contributed by atoms with Gasteiger partial charge in [0, 0.05) is 30.6 Å². The van der Waals surface area contributed by atoms with Gasteiger partial charge in [-0.05, 0) is 31.0 Å². The number of carbonyl (C=O) groups is 1. The van der Waals surface area contributed by atoms with Crippen molar-refractivity contribution in [1.82, 2.24) is 15.3 Å². The highest BCUT2D eigenvalue weighted by Crippen LogP contribution is 2.33. The molecule has 1 saturated carbocycles. The molecule has 3 heterocycles. The van der Waals surface area contributed by atoms with Gasteiger partial charge in [0.05, 0.1) is 23.4 Å². The zero-order valence-electron chi connectivity index (χ0n) is 21.8. The summed E-state index contributed by atoms with van der Waals surface area (Å²) in [6.45, 7) is 6.26. The first kappa shape index (κ1) is 27.4. The average Bonchev–Trinajstić information content (AvgIpc) is 3.52. The van der Waals surface area contributed by atoms with Gasteiger partial charge in [-0.15, -0.1) is 0 Å². The van der Waals surface area contributed by atoms with Crippen LogP contribution >= 0.6 is 11.3 Å². The van der Waals surface area contributed by atoms with Crippen molar-refractivity contribution in [2.45, 2.75) is 55.4 Å². The molecular formula is C26H31N5O6S2. The van der Waals surface area contributed by atoms with E-state index in [9.17, 15) is 13.2 Å². The lowest BCUT2D eigenvalue weighted by Gasteiger charge is -2.10. The topological polar surface area (TPSA) is 141 Å². The minimum atomic E-state index is -3.35. The molecule has 0 radical (unpaired) electrons. The summed E-state index contributed by atoms with van der Waals surface area (Å²) < 4.78 is 36.2. The van der Waals surface area contributed by atoms with Gasteiger partial charge >= 0.3 is 0 Å². The highest BCUT2D eigenvalue weighted by molar-refractivity contribution is 7.92. The molecule has 1 aromatic carbocycles. The van der Waals surface area contributed by atoms with Crippen LogP contribution in [0.2, 0.25) is 0 Å². The van der Waals surface area contributed by atoms with Gasteiger partial charge in [0.25, 0.3) is 5.91 Å². The number of nitrogens with one attached hydrogen (secondary N) is 2. The SMILES string of the molecule is CC(C)NCCOc1ccc2nc(NC(=O)C(=NO[C@@H]3CCOC3)c3ccc(S(=O)(=O)C4CC4)cc3)sc2n1. The first-order valence-corrected chi connectivity index (χ1v) is 15.3. The maximum absolute atomic E-state index is 13.3. The number of oxime groups is 1. The van der Waals surface area contributed by atoms with Crippen LogP contribution in [-0.4, -0.2) is 73.8 Å². The summed E-state index contributed by atoms with van der Waals surface area (Å²) in [5.74, 6) is -0.0627. The second kappa shape index (κ2) is 11.9. The molecule has 2 aliphatic rings. The number of hydrogen-bond donors (Lipinski definition) is 2. The minimum Gasteiger partial charge on any atom is -0.476 e. The number of thiazole rings is 1. The third kappa shape index (κ3) is 6.90. The molecule has 0 spiro atoms. The summed E-state index contributed by atoms with van der Waals surface area (Å²) in [5.41, 5.74) is 1.05. The summed E-state index contributed by atoms with van der Waals surface area (Å²) in [4.78, 5) is 28.7. The molecular weight excluding hydrogens is 542 g/mol. The quantitative estimate of drug-likeness (QED) is 0.190. The van der Waals surface area contributed by atoms with Crippen LogP contribution in [0.5, 0.6) is 5.88 Å². The van der Waals surface area contributed by atoms with Gasteiger partial charge in [-0.2, -0.15) is 0 Å². The Morgan fingerprint density at radius 1 is 1.15 bits per heavy atom. The molecule has 2 N–H and O–H groups in total. The number of hydrogen-bond acceptors (Lipinski definition) is 11. The minimum absolute atomic E-state index is 0.00570. The normalized spacial score (nSPS) is 18.0. The van der Waals surface area contributed by atoms with E-state index in [0.717, 1.165) is 0 Å². The highest BCUT2D eigenvalue weighted by atomic mass is 32.2. The molecule has 1 atom stereocenters. The van der Waals surface area contributed by atoms with Crippen molar-refractivity contribution in [3.8, 4) is 5.88 Å². The van der Waals surface area contributed by atoms with Crippen molar-refractivity contribution < 1.29 is 27.5 Å². The van der Waals surface area contributed by atoms with E-state index >= 15 is 0 Å². The van der Waals surface area contributed by atoms with E-state index in [2.05, 4.69) is 39.6 Å². The molecule has 3 aromatic rings. The predicted octanol–water partition coefficient (Wildman–Crippen LogP) is 3.15.